The first-order valence-electron chi connectivity index (χ1n) is 6.20. The summed E-state index contributed by atoms with van der Waals surface area (Å²) in [5.41, 5.74) is 3.73. The molecule has 0 fully saturated rings. The van der Waals surface area contributed by atoms with Crippen LogP contribution in [-0.2, 0) is 11.8 Å². The quantitative estimate of drug-likeness (QED) is 0.844. The third-order valence-corrected chi connectivity index (χ3v) is 3.11. The van der Waals surface area contributed by atoms with Crippen LogP contribution in [0.5, 0.6) is 0 Å². The SMILES string of the molecule is Cc1c(NNC(=O)C(F)(F)F)c(=O)n(-c2ccccc2)n1C. The number of nitrogens with one attached hydrogen (secondary N) is 2. The third-order valence-electron chi connectivity index (χ3n) is 3.11. The van der Waals surface area contributed by atoms with Crippen LogP contribution in [0, 0.1) is 6.92 Å². The van der Waals surface area contributed by atoms with E-state index < -0.39 is 17.6 Å². The summed E-state index contributed by atoms with van der Waals surface area (Å²) >= 11 is 0. The van der Waals surface area contributed by atoms with Gasteiger partial charge in [0.1, 0.15) is 5.69 Å². The van der Waals surface area contributed by atoms with E-state index in [1.54, 1.807) is 44.3 Å². The Balaban J connectivity index is 2.36. The van der Waals surface area contributed by atoms with Gasteiger partial charge in [-0.3, -0.25) is 25.1 Å². The Morgan fingerprint density at radius 3 is 2.32 bits per heavy atom. The zero-order valence-corrected chi connectivity index (χ0v) is 11.7. The van der Waals surface area contributed by atoms with Crippen LogP contribution in [0.2, 0.25) is 0 Å². The van der Waals surface area contributed by atoms with Gasteiger partial charge in [-0.25, -0.2) is 4.68 Å². The lowest BCUT2D eigenvalue weighted by Gasteiger charge is -2.09. The van der Waals surface area contributed by atoms with Crippen molar-refractivity contribution in [3.8, 4) is 5.69 Å². The van der Waals surface area contributed by atoms with E-state index in [-0.39, 0.29) is 5.69 Å². The highest BCUT2D eigenvalue weighted by molar-refractivity contribution is 5.82. The molecule has 1 amide bonds. The molecule has 0 spiro atoms. The number of rotatable bonds is 3. The van der Waals surface area contributed by atoms with E-state index in [1.165, 1.54) is 14.8 Å². The van der Waals surface area contributed by atoms with E-state index in [0.29, 0.717) is 11.4 Å². The molecule has 0 atom stereocenters. The van der Waals surface area contributed by atoms with Crippen LogP contribution in [-0.4, -0.2) is 21.4 Å². The molecule has 1 aromatic heterocycles. The summed E-state index contributed by atoms with van der Waals surface area (Å²) in [4.78, 5) is 23.1. The maximum atomic E-state index is 12.3. The van der Waals surface area contributed by atoms with Gasteiger partial charge in [-0.2, -0.15) is 13.2 Å². The number of hydrazine groups is 1. The normalized spacial score (nSPS) is 11.3. The van der Waals surface area contributed by atoms with E-state index in [0.717, 1.165) is 0 Å². The van der Waals surface area contributed by atoms with Crippen LogP contribution in [0.15, 0.2) is 35.1 Å². The molecule has 0 aliphatic carbocycles. The summed E-state index contributed by atoms with van der Waals surface area (Å²) in [6, 6.07) is 8.58. The van der Waals surface area contributed by atoms with Gasteiger partial charge in [0.25, 0.3) is 5.56 Å². The molecule has 1 heterocycles. The lowest BCUT2D eigenvalue weighted by molar-refractivity contribution is -0.173. The Morgan fingerprint density at radius 1 is 1.18 bits per heavy atom. The summed E-state index contributed by atoms with van der Waals surface area (Å²) in [7, 11) is 1.58. The number of carbonyl (C=O) groups excluding carboxylic acids is 1. The minimum absolute atomic E-state index is 0.135. The second-order valence-electron chi connectivity index (χ2n) is 4.51. The molecule has 0 radical (unpaired) electrons. The fraction of sp³-hybridized carbons (Fsp3) is 0.231. The number of hydrogen-bond acceptors (Lipinski definition) is 3. The monoisotopic (exact) mass is 314 g/mol. The predicted octanol–water partition coefficient (Wildman–Crippen LogP) is 1.49. The van der Waals surface area contributed by atoms with Crippen LogP contribution in [0.3, 0.4) is 0 Å². The summed E-state index contributed by atoms with van der Waals surface area (Å²) < 4.78 is 39.2. The minimum atomic E-state index is -5.03. The zero-order chi connectivity index (χ0) is 16.5. The molecule has 0 bridgehead atoms. The molecule has 0 unspecified atom stereocenters. The van der Waals surface area contributed by atoms with Crippen molar-refractivity contribution in [1.29, 1.82) is 0 Å². The molecule has 9 heteroatoms. The highest BCUT2D eigenvalue weighted by atomic mass is 19.4. The third kappa shape index (κ3) is 2.83. The summed E-state index contributed by atoms with van der Waals surface area (Å²) in [5, 5.41) is 0. The molecule has 0 saturated heterocycles. The Labute approximate surface area is 123 Å². The van der Waals surface area contributed by atoms with Crippen molar-refractivity contribution in [2.24, 2.45) is 7.05 Å². The Kier molecular flexibility index (Phi) is 3.98. The summed E-state index contributed by atoms with van der Waals surface area (Å²) in [6.07, 6.45) is -5.03. The molecule has 6 nitrogen and oxygen atoms in total. The first kappa shape index (κ1) is 15.7. The second kappa shape index (κ2) is 5.58. The van der Waals surface area contributed by atoms with E-state index in [1.807, 2.05) is 5.43 Å². The van der Waals surface area contributed by atoms with Crippen LogP contribution >= 0.6 is 0 Å². The molecule has 2 aromatic rings. The van der Waals surface area contributed by atoms with Gasteiger partial charge < -0.3 is 0 Å². The zero-order valence-electron chi connectivity index (χ0n) is 11.7. The van der Waals surface area contributed by atoms with Crippen LogP contribution < -0.4 is 16.4 Å². The first-order chi connectivity index (χ1) is 10.2. The standard InChI is InChI=1S/C13H13F3N4O2/c1-8-10(17-18-12(22)13(14,15)16)11(21)20(19(8)2)9-6-4-3-5-7-9/h3-7,17H,1-2H3,(H,18,22). The number of halogens is 3. The highest BCUT2D eigenvalue weighted by Crippen LogP contribution is 2.16. The average molecular weight is 314 g/mol. The summed E-state index contributed by atoms with van der Waals surface area (Å²) in [6.45, 7) is 1.54. The topological polar surface area (TPSA) is 68.1 Å². The van der Waals surface area contributed by atoms with E-state index >= 15 is 0 Å². The molecule has 118 valence electrons. The van der Waals surface area contributed by atoms with Gasteiger partial charge in [-0.1, -0.05) is 18.2 Å². The van der Waals surface area contributed by atoms with Gasteiger partial charge in [0.15, 0.2) is 0 Å². The highest BCUT2D eigenvalue weighted by Gasteiger charge is 2.39. The molecular formula is C13H13F3N4O2. The van der Waals surface area contributed by atoms with Crippen molar-refractivity contribution in [2.45, 2.75) is 13.1 Å². The maximum absolute atomic E-state index is 12.3. The Bertz CT molecular complexity index is 747. The number of amides is 1. The van der Waals surface area contributed by atoms with Crippen molar-refractivity contribution < 1.29 is 18.0 Å². The van der Waals surface area contributed by atoms with E-state index in [2.05, 4.69) is 0 Å². The second-order valence-corrected chi connectivity index (χ2v) is 4.51. The molecular weight excluding hydrogens is 301 g/mol. The molecule has 0 saturated carbocycles. The number of carbonyl (C=O) groups is 1. The number of anilines is 1. The predicted molar refractivity (Wildman–Crippen MR) is 73.6 cm³/mol. The lowest BCUT2D eigenvalue weighted by atomic mass is 10.3. The van der Waals surface area contributed by atoms with Crippen molar-refractivity contribution in [3.63, 3.8) is 0 Å². The number of nitrogens with zero attached hydrogens (tertiary/aromatic N) is 2. The van der Waals surface area contributed by atoms with Gasteiger partial charge >= 0.3 is 12.1 Å². The molecule has 22 heavy (non-hydrogen) atoms. The number of aromatic nitrogens is 2. The summed E-state index contributed by atoms with van der Waals surface area (Å²) in [5.74, 6) is -2.18. The smallest absolute Gasteiger partial charge is 0.292 e. The van der Waals surface area contributed by atoms with Crippen LogP contribution in [0.4, 0.5) is 18.9 Å². The van der Waals surface area contributed by atoms with E-state index in [4.69, 9.17) is 0 Å². The van der Waals surface area contributed by atoms with Gasteiger partial charge in [-0.05, 0) is 19.1 Å². The number of alkyl halides is 3. The average Bonchev–Trinajstić information content (AvgIpc) is 2.67. The molecule has 0 aliphatic rings. The minimum Gasteiger partial charge on any atom is -0.292 e. The fourth-order valence-corrected chi connectivity index (χ4v) is 1.90. The number of para-hydroxylation sites is 1. The van der Waals surface area contributed by atoms with Crippen molar-refractivity contribution >= 4 is 11.6 Å². The van der Waals surface area contributed by atoms with Crippen molar-refractivity contribution in [2.75, 3.05) is 5.43 Å². The molecule has 0 aliphatic heterocycles. The van der Waals surface area contributed by atoms with E-state index in [9.17, 15) is 22.8 Å². The Morgan fingerprint density at radius 2 is 1.77 bits per heavy atom. The molecule has 2 rings (SSSR count). The first-order valence-corrected chi connectivity index (χ1v) is 6.20. The van der Waals surface area contributed by atoms with Crippen LogP contribution in [0.25, 0.3) is 5.69 Å². The number of hydrogen-bond donors (Lipinski definition) is 2. The molecule has 1 aromatic carbocycles. The van der Waals surface area contributed by atoms with Gasteiger partial charge in [-0.15, -0.1) is 0 Å². The Hall–Kier alpha value is -2.71. The largest absolute Gasteiger partial charge is 0.472 e. The van der Waals surface area contributed by atoms with Crippen molar-refractivity contribution in [3.05, 3.63) is 46.4 Å². The van der Waals surface area contributed by atoms with Gasteiger partial charge in [0, 0.05) is 7.05 Å². The molecule has 2 N–H and O–H groups in total. The van der Waals surface area contributed by atoms with Gasteiger partial charge in [0.05, 0.1) is 11.4 Å². The number of benzene rings is 1. The lowest BCUT2D eigenvalue weighted by Crippen LogP contribution is -2.41. The van der Waals surface area contributed by atoms with Crippen LogP contribution in [0.1, 0.15) is 5.69 Å². The fourth-order valence-electron chi connectivity index (χ4n) is 1.90. The maximum Gasteiger partial charge on any atom is 0.472 e. The van der Waals surface area contributed by atoms with Gasteiger partial charge in [0.2, 0.25) is 0 Å². The van der Waals surface area contributed by atoms with Crippen molar-refractivity contribution in [1.82, 2.24) is 14.8 Å².